The van der Waals surface area contributed by atoms with E-state index in [9.17, 15) is 14.4 Å². The van der Waals surface area contributed by atoms with Crippen molar-refractivity contribution in [2.45, 2.75) is 45.2 Å². The van der Waals surface area contributed by atoms with E-state index < -0.39 is 18.0 Å². The fourth-order valence-corrected chi connectivity index (χ4v) is 2.37. The third-order valence-corrected chi connectivity index (χ3v) is 4.12. The predicted molar refractivity (Wildman–Crippen MR) is 103 cm³/mol. The third kappa shape index (κ3) is 7.60. The van der Waals surface area contributed by atoms with Crippen LogP contribution in [-0.4, -0.2) is 66.8 Å². The lowest BCUT2D eigenvalue weighted by Gasteiger charge is -2.30. The van der Waals surface area contributed by atoms with Gasteiger partial charge in [0.25, 0.3) is 5.91 Å². The number of likely N-dealkylation sites (N-methyl/N-ethyl adjacent to an activating group) is 1. The monoisotopic (exact) mass is 382 g/mol. The van der Waals surface area contributed by atoms with Crippen LogP contribution in [0.4, 0.5) is 4.79 Å². The number of guanidine groups is 1. The van der Waals surface area contributed by atoms with Gasteiger partial charge >= 0.3 is 6.03 Å². The number of nitrogens with zero attached hydrogens (tertiary/aromatic N) is 3. The fraction of sp³-hybridized carbons (Fsp3) is 0.688. The lowest BCUT2D eigenvalue weighted by atomic mass is 10.1. The molecule has 0 saturated heterocycles. The van der Waals surface area contributed by atoms with E-state index in [1.165, 1.54) is 11.9 Å². The van der Waals surface area contributed by atoms with Crippen molar-refractivity contribution in [3.05, 3.63) is 0 Å². The van der Waals surface area contributed by atoms with Crippen molar-refractivity contribution in [3.63, 3.8) is 0 Å². The number of rotatable bonds is 8. The Bertz CT molecular complexity index is 617. The Morgan fingerprint density at radius 2 is 2.07 bits per heavy atom. The topological polar surface area (TPSA) is 181 Å². The van der Waals surface area contributed by atoms with Gasteiger partial charge in [-0.1, -0.05) is 13.8 Å². The summed E-state index contributed by atoms with van der Waals surface area (Å²) in [5, 5.41) is 4.59. The molecule has 0 saturated carbocycles. The lowest BCUT2D eigenvalue weighted by molar-refractivity contribution is -0.138. The van der Waals surface area contributed by atoms with Gasteiger partial charge in [-0.15, -0.1) is 0 Å². The average molecular weight is 382 g/mol. The number of amidine groups is 1. The molecule has 4 amide bonds. The first-order valence-electron chi connectivity index (χ1n) is 8.84. The second-order valence-corrected chi connectivity index (χ2v) is 6.76. The van der Waals surface area contributed by atoms with E-state index in [1.54, 1.807) is 0 Å². The van der Waals surface area contributed by atoms with Crippen molar-refractivity contribution in [3.8, 4) is 0 Å². The molecule has 27 heavy (non-hydrogen) atoms. The molecule has 0 bridgehead atoms. The van der Waals surface area contributed by atoms with Gasteiger partial charge in [0.1, 0.15) is 6.04 Å². The number of nitrogens with one attached hydrogen (secondary N) is 2. The molecule has 8 N–H and O–H groups in total. The van der Waals surface area contributed by atoms with Crippen molar-refractivity contribution in [2.75, 3.05) is 20.1 Å². The Morgan fingerprint density at radius 1 is 1.41 bits per heavy atom. The van der Waals surface area contributed by atoms with Crippen LogP contribution in [0.25, 0.3) is 0 Å². The molecule has 1 aliphatic rings. The first kappa shape index (κ1) is 22.4. The van der Waals surface area contributed by atoms with E-state index in [2.05, 4.69) is 20.6 Å². The number of nitrogens with two attached hydrogens (primary N) is 3. The van der Waals surface area contributed by atoms with Crippen LogP contribution in [0.15, 0.2) is 9.98 Å². The largest absolute Gasteiger partial charge is 0.387 e. The summed E-state index contributed by atoms with van der Waals surface area (Å²) in [5.74, 6) is 0.0823. The maximum absolute atomic E-state index is 12.4. The lowest BCUT2D eigenvalue weighted by Crippen LogP contribution is -2.58. The zero-order chi connectivity index (χ0) is 20.6. The maximum Gasteiger partial charge on any atom is 0.318 e. The molecule has 0 aromatic carbocycles. The van der Waals surface area contributed by atoms with Crippen LogP contribution in [0, 0.1) is 5.92 Å². The van der Waals surface area contributed by atoms with Gasteiger partial charge in [-0.3, -0.25) is 25.2 Å². The van der Waals surface area contributed by atoms with E-state index in [0.29, 0.717) is 18.8 Å². The Labute approximate surface area is 158 Å². The Kier molecular flexibility index (Phi) is 8.66. The van der Waals surface area contributed by atoms with Crippen molar-refractivity contribution in [1.82, 2.24) is 15.5 Å². The zero-order valence-corrected chi connectivity index (χ0v) is 16.1. The van der Waals surface area contributed by atoms with Crippen LogP contribution in [-0.2, 0) is 9.59 Å². The molecule has 152 valence electrons. The van der Waals surface area contributed by atoms with Crippen LogP contribution in [0.1, 0.15) is 33.1 Å². The molecule has 0 spiro atoms. The highest BCUT2D eigenvalue weighted by molar-refractivity contribution is 6.07. The Hall–Kier alpha value is -2.69. The summed E-state index contributed by atoms with van der Waals surface area (Å²) in [6, 6.07) is -1.93. The molecule has 11 nitrogen and oxygen atoms in total. The van der Waals surface area contributed by atoms with Crippen molar-refractivity contribution >= 4 is 29.6 Å². The molecule has 1 rings (SSSR count). The number of amides is 4. The minimum Gasteiger partial charge on any atom is -0.387 e. The zero-order valence-electron chi connectivity index (χ0n) is 16.1. The van der Waals surface area contributed by atoms with E-state index in [1.807, 2.05) is 13.8 Å². The molecular formula is C16H30N8O3. The second-order valence-electron chi connectivity index (χ2n) is 6.76. The highest BCUT2D eigenvalue weighted by atomic mass is 16.2. The fourth-order valence-electron chi connectivity index (χ4n) is 2.37. The summed E-state index contributed by atoms with van der Waals surface area (Å²) in [6.07, 6.45) is 1.46. The highest BCUT2D eigenvalue weighted by Crippen LogP contribution is 2.08. The number of hydrogen-bond acceptors (Lipinski definition) is 6. The van der Waals surface area contributed by atoms with Crippen molar-refractivity contribution < 1.29 is 14.4 Å². The molecule has 0 aliphatic carbocycles. The van der Waals surface area contributed by atoms with Crippen LogP contribution in [0.2, 0.25) is 0 Å². The van der Waals surface area contributed by atoms with Crippen LogP contribution >= 0.6 is 0 Å². The van der Waals surface area contributed by atoms with Crippen molar-refractivity contribution in [1.29, 1.82) is 0 Å². The van der Waals surface area contributed by atoms with Gasteiger partial charge in [0, 0.05) is 32.0 Å². The molecule has 0 radical (unpaired) electrons. The number of carbonyl (C=O) groups is 3. The molecule has 11 heteroatoms. The molecular weight excluding hydrogens is 352 g/mol. The number of hydrogen-bond donors (Lipinski definition) is 5. The first-order chi connectivity index (χ1) is 12.6. The van der Waals surface area contributed by atoms with Gasteiger partial charge in [0.05, 0.1) is 12.4 Å². The Balaban J connectivity index is 2.45. The summed E-state index contributed by atoms with van der Waals surface area (Å²) in [5.41, 5.74) is 16.8. The summed E-state index contributed by atoms with van der Waals surface area (Å²) in [6.45, 7) is 4.54. The number of primary amides is 1. The van der Waals surface area contributed by atoms with Crippen molar-refractivity contribution in [2.24, 2.45) is 33.1 Å². The SMILES string of the molecule is CC(C)C(N)=NCCC[C@H](N)CC(=O)N(C)C1CN=C(NC(N)=O)NC1=O. The van der Waals surface area contributed by atoms with E-state index >= 15 is 0 Å². The number of aliphatic imine (C=N–C) groups is 2. The quantitative estimate of drug-likeness (QED) is 0.194. The highest BCUT2D eigenvalue weighted by Gasteiger charge is 2.31. The second kappa shape index (κ2) is 10.5. The Morgan fingerprint density at radius 3 is 2.63 bits per heavy atom. The smallest absolute Gasteiger partial charge is 0.318 e. The van der Waals surface area contributed by atoms with Crippen LogP contribution in [0.3, 0.4) is 0 Å². The van der Waals surface area contributed by atoms with E-state index in [0.717, 1.165) is 6.42 Å². The molecule has 0 aromatic rings. The standard InChI is InChI=1S/C16H30N8O3/c1-9(2)13(18)20-6-4-5-10(17)7-12(25)24(3)11-8-21-16(22-14(11)26)23-15(19)27/h9-11H,4-8,17H2,1-3H3,(H2,18,20)(H4,19,21,22,23,26,27)/t10-,11?/m0/s1. The minimum atomic E-state index is -0.831. The van der Waals surface area contributed by atoms with Gasteiger partial charge in [-0.05, 0) is 12.8 Å². The molecule has 0 fully saturated rings. The molecule has 1 aliphatic heterocycles. The minimum absolute atomic E-state index is 0.0254. The maximum atomic E-state index is 12.4. The van der Waals surface area contributed by atoms with E-state index in [4.69, 9.17) is 17.2 Å². The summed E-state index contributed by atoms with van der Waals surface area (Å²) < 4.78 is 0. The predicted octanol–water partition coefficient (Wildman–Crippen LogP) is -1.52. The van der Waals surface area contributed by atoms with Gasteiger partial charge in [-0.25, -0.2) is 9.79 Å². The average Bonchev–Trinajstić information content (AvgIpc) is 2.57. The van der Waals surface area contributed by atoms with Crippen LogP contribution in [0.5, 0.6) is 0 Å². The third-order valence-electron chi connectivity index (χ3n) is 4.12. The van der Waals surface area contributed by atoms with E-state index in [-0.39, 0.29) is 36.8 Å². The number of urea groups is 1. The van der Waals surface area contributed by atoms with Gasteiger partial charge in [0.15, 0.2) is 0 Å². The number of carbonyl (C=O) groups excluding carboxylic acids is 3. The van der Waals surface area contributed by atoms with Crippen LogP contribution < -0.4 is 27.8 Å². The molecule has 1 unspecified atom stereocenters. The summed E-state index contributed by atoms with van der Waals surface area (Å²) >= 11 is 0. The molecule has 2 atom stereocenters. The van der Waals surface area contributed by atoms with Gasteiger partial charge < -0.3 is 22.1 Å². The first-order valence-corrected chi connectivity index (χ1v) is 8.84. The van der Waals surface area contributed by atoms with Gasteiger partial charge in [0.2, 0.25) is 11.9 Å². The van der Waals surface area contributed by atoms with Gasteiger partial charge in [-0.2, -0.15) is 0 Å². The molecule has 1 heterocycles. The normalized spacial score (nSPS) is 18.6. The summed E-state index contributed by atoms with van der Waals surface area (Å²) in [7, 11) is 1.52. The molecule has 0 aromatic heterocycles. The summed E-state index contributed by atoms with van der Waals surface area (Å²) in [4.78, 5) is 44.8.